The Morgan fingerprint density at radius 3 is 2.70 bits per heavy atom. The van der Waals surface area contributed by atoms with E-state index in [1.54, 1.807) is 12.1 Å². The van der Waals surface area contributed by atoms with Gasteiger partial charge in [0, 0.05) is 38.8 Å². The minimum Gasteiger partial charge on any atom is -0.494 e. The topological polar surface area (TPSA) is 48.9 Å². The molecular weight excluding hydrogens is 343 g/mol. The molecule has 150 valence electrons. The molecule has 1 aromatic carbocycles. The molecule has 5 nitrogen and oxygen atoms in total. The van der Waals surface area contributed by atoms with Crippen LogP contribution in [0.5, 0.6) is 5.75 Å². The molecule has 2 atom stereocenters. The number of halogens is 1. The number of hydrogen-bond donors (Lipinski definition) is 2. The molecule has 27 heavy (non-hydrogen) atoms. The van der Waals surface area contributed by atoms with Crippen LogP contribution in [0.2, 0.25) is 0 Å². The van der Waals surface area contributed by atoms with E-state index in [1.807, 2.05) is 13.1 Å². The Hall–Kier alpha value is -1.82. The molecule has 1 heterocycles. The number of hydrogen-bond acceptors (Lipinski definition) is 3. The van der Waals surface area contributed by atoms with E-state index in [1.165, 1.54) is 26.4 Å². The Bertz CT molecular complexity index is 643. The highest BCUT2D eigenvalue weighted by atomic mass is 19.1. The molecule has 0 radical (unpaired) electrons. The van der Waals surface area contributed by atoms with Crippen LogP contribution in [-0.4, -0.2) is 50.2 Å². The van der Waals surface area contributed by atoms with Crippen molar-refractivity contribution in [2.75, 3.05) is 27.2 Å². The summed E-state index contributed by atoms with van der Waals surface area (Å²) in [6.45, 7) is 5.03. The first-order valence-corrected chi connectivity index (χ1v) is 10.2. The molecule has 2 aliphatic rings. The average Bonchev–Trinajstić information content (AvgIpc) is 3.40. The lowest BCUT2D eigenvalue weighted by molar-refractivity contribution is 0.198. The Kier molecular flexibility index (Phi) is 6.94. The monoisotopic (exact) mass is 376 g/mol. The van der Waals surface area contributed by atoms with Crippen molar-refractivity contribution in [2.24, 2.45) is 10.9 Å². The number of nitrogens with one attached hydrogen (secondary N) is 2. The standard InChI is InChI=1S/C21H33FN4O/c1-4-5-16-13-19(16)25-21(23-2)24-17-8-10-26(11-9-17)14-15-6-7-20(27-3)18(22)12-15/h6-7,12,16-17,19H,4-5,8-11,13-14H2,1-3H3,(H2,23,24,25). The Labute approximate surface area is 162 Å². The number of nitrogens with zero attached hydrogens (tertiary/aromatic N) is 2. The minimum atomic E-state index is -0.289. The number of aliphatic imine (C=N–C) groups is 1. The van der Waals surface area contributed by atoms with Crippen molar-refractivity contribution in [3.05, 3.63) is 29.6 Å². The molecule has 1 aromatic rings. The zero-order valence-corrected chi connectivity index (χ0v) is 16.8. The van der Waals surface area contributed by atoms with Gasteiger partial charge >= 0.3 is 0 Å². The molecule has 1 aliphatic heterocycles. The molecule has 0 amide bonds. The van der Waals surface area contributed by atoms with Crippen LogP contribution < -0.4 is 15.4 Å². The lowest BCUT2D eigenvalue weighted by atomic mass is 10.0. The maximum atomic E-state index is 13.9. The van der Waals surface area contributed by atoms with E-state index in [-0.39, 0.29) is 5.82 Å². The summed E-state index contributed by atoms with van der Waals surface area (Å²) in [5, 5.41) is 7.15. The van der Waals surface area contributed by atoms with E-state index < -0.39 is 0 Å². The van der Waals surface area contributed by atoms with E-state index in [0.29, 0.717) is 17.8 Å². The molecule has 0 aromatic heterocycles. The van der Waals surface area contributed by atoms with Crippen molar-refractivity contribution in [3.63, 3.8) is 0 Å². The van der Waals surface area contributed by atoms with Crippen LogP contribution in [0.25, 0.3) is 0 Å². The first-order valence-electron chi connectivity index (χ1n) is 10.2. The van der Waals surface area contributed by atoms with Crippen molar-refractivity contribution in [2.45, 2.75) is 57.7 Å². The van der Waals surface area contributed by atoms with Gasteiger partial charge in [-0.1, -0.05) is 19.4 Å². The summed E-state index contributed by atoms with van der Waals surface area (Å²) in [6, 6.07) is 6.28. The van der Waals surface area contributed by atoms with Crippen LogP contribution >= 0.6 is 0 Å². The number of guanidine groups is 1. The molecule has 2 unspecified atom stereocenters. The number of likely N-dealkylation sites (tertiary alicyclic amines) is 1. The van der Waals surface area contributed by atoms with Gasteiger partial charge in [-0.2, -0.15) is 0 Å². The van der Waals surface area contributed by atoms with E-state index in [9.17, 15) is 4.39 Å². The molecule has 1 saturated heterocycles. The third kappa shape index (κ3) is 5.58. The van der Waals surface area contributed by atoms with Crippen LogP contribution in [0.15, 0.2) is 23.2 Å². The van der Waals surface area contributed by atoms with Crippen molar-refractivity contribution in [1.29, 1.82) is 0 Å². The zero-order chi connectivity index (χ0) is 19.2. The highest BCUT2D eigenvalue weighted by Crippen LogP contribution is 2.34. The predicted octanol–water partition coefficient (Wildman–Crippen LogP) is 3.15. The summed E-state index contributed by atoms with van der Waals surface area (Å²) >= 11 is 0. The van der Waals surface area contributed by atoms with Gasteiger partial charge in [-0.05, 0) is 49.3 Å². The maximum Gasteiger partial charge on any atom is 0.191 e. The fourth-order valence-corrected chi connectivity index (χ4v) is 3.96. The molecule has 1 saturated carbocycles. The maximum absolute atomic E-state index is 13.9. The normalized spacial score (nSPS) is 23.9. The minimum absolute atomic E-state index is 0.289. The van der Waals surface area contributed by atoms with Gasteiger partial charge in [-0.3, -0.25) is 9.89 Å². The zero-order valence-electron chi connectivity index (χ0n) is 16.8. The van der Waals surface area contributed by atoms with E-state index in [4.69, 9.17) is 4.74 Å². The summed E-state index contributed by atoms with van der Waals surface area (Å²) in [5.41, 5.74) is 0.993. The number of piperidine rings is 1. The lowest BCUT2D eigenvalue weighted by Gasteiger charge is -2.33. The third-order valence-corrected chi connectivity index (χ3v) is 5.68. The van der Waals surface area contributed by atoms with Crippen molar-refractivity contribution >= 4 is 5.96 Å². The summed E-state index contributed by atoms with van der Waals surface area (Å²) in [7, 11) is 3.34. The van der Waals surface area contributed by atoms with Gasteiger partial charge in [0.25, 0.3) is 0 Å². The summed E-state index contributed by atoms with van der Waals surface area (Å²) in [5.74, 6) is 1.77. The van der Waals surface area contributed by atoms with Gasteiger partial charge in [0.15, 0.2) is 17.5 Å². The van der Waals surface area contributed by atoms with Crippen LogP contribution in [-0.2, 0) is 6.54 Å². The molecule has 0 bridgehead atoms. The largest absolute Gasteiger partial charge is 0.494 e. The van der Waals surface area contributed by atoms with Crippen LogP contribution in [0.4, 0.5) is 4.39 Å². The lowest BCUT2D eigenvalue weighted by Crippen LogP contribution is -2.49. The average molecular weight is 377 g/mol. The SMILES string of the molecule is CCCC1CC1NC(=NC)NC1CCN(Cc2ccc(OC)c(F)c2)CC1. The quantitative estimate of drug-likeness (QED) is 0.567. The highest BCUT2D eigenvalue weighted by molar-refractivity contribution is 5.80. The van der Waals surface area contributed by atoms with Gasteiger partial charge in [-0.25, -0.2) is 4.39 Å². The van der Waals surface area contributed by atoms with Gasteiger partial charge < -0.3 is 15.4 Å². The fourth-order valence-electron chi connectivity index (χ4n) is 3.96. The molecule has 2 N–H and O–H groups in total. The van der Waals surface area contributed by atoms with Gasteiger partial charge in [0.1, 0.15) is 0 Å². The summed E-state index contributed by atoms with van der Waals surface area (Å²) in [4.78, 5) is 6.78. The Morgan fingerprint density at radius 2 is 2.07 bits per heavy atom. The summed E-state index contributed by atoms with van der Waals surface area (Å²) < 4.78 is 18.9. The molecule has 2 fully saturated rings. The Morgan fingerprint density at radius 1 is 1.30 bits per heavy atom. The van der Waals surface area contributed by atoms with Gasteiger partial charge in [0.05, 0.1) is 7.11 Å². The summed E-state index contributed by atoms with van der Waals surface area (Å²) in [6.07, 6.45) is 5.97. The third-order valence-electron chi connectivity index (χ3n) is 5.68. The number of methoxy groups -OCH3 is 1. The molecule has 1 aliphatic carbocycles. The second-order valence-electron chi connectivity index (χ2n) is 7.77. The molecule has 6 heteroatoms. The van der Waals surface area contributed by atoms with Crippen molar-refractivity contribution in [3.8, 4) is 5.75 Å². The second kappa shape index (κ2) is 9.40. The van der Waals surface area contributed by atoms with Crippen molar-refractivity contribution in [1.82, 2.24) is 15.5 Å². The first kappa shape index (κ1) is 19.9. The van der Waals surface area contributed by atoms with E-state index >= 15 is 0 Å². The van der Waals surface area contributed by atoms with E-state index in [2.05, 4.69) is 27.4 Å². The first-order chi connectivity index (χ1) is 13.1. The van der Waals surface area contributed by atoms with Gasteiger partial charge in [-0.15, -0.1) is 0 Å². The van der Waals surface area contributed by atoms with Crippen LogP contribution in [0, 0.1) is 11.7 Å². The molecular formula is C21H33FN4O. The van der Waals surface area contributed by atoms with E-state index in [0.717, 1.165) is 49.9 Å². The highest BCUT2D eigenvalue weighted by Gasteiger charge is 2.36. The number of rotatable bonds is 7. The second-order valence-corrected chi connectivity index (χ2v) is 7.77. The molecule has 0 spiro atoms. The Balaban J connectivity index is 1.41. The predicted molar refractivity (Wildman–Crippen MR) is 108 cm³/mol. The molecule has 3 rings (SSSR count). The number of ether oxygens (including phenoxy) is 1. The van der Waals surface area contributed by atoms with Gasteiger partial charge in [0.2, 0.25) is 0 Å². The van der Waals surface area contributed by atoms with Crippen molar-refractivity contribution < 1.29 is 9.13 Å². The number of benzene rings is 1. The smallest absolute Gasteiger partial charge is 0.191 e. The van der Waals surface area contributed by atoms with Crippen LogP contribution in [0.3, 0.4) is 0 Å². The van der Waals surface area contributed by atoms with Crippen LogP contribution in [0.1, 0.15) is 44.6 Å². The fraction of sp³-hybridized carbons (Fsp3) is 0.667.